The molecule has 0 amide bonds. The lowest BCUT2D eigenvalue weighted by Gasteiger charge is -2.12. The molecule has 0 bridgehead atoms. The number of nitrogens with two attached hydrogens (primary N) is 1. The number of ether oxygens (including phenoxy) is 2. The second-order valence-electron chi connectivity index (χ2n) is 3.28. The Kier molecular flexibility index (Phi) is 5.18. The van der Waals surface area contributed by atoms with Crippen LogP contribution in [-0.4, -0.2) is 20.8 Å². The van der Waals surface area contributed by atoms with Gasteiger partial charge >= 0.3 is 0 Å². The molecule has 0 radical (unpaired) electrons. The summed E-state index contributed by atoms with van der Waals surface area (Å²) in [6.45, 7) is 0.537. The molecule has 0 atom stereocenters. The minimum absolute atomic E-state index is 0.218. The van der Waals surface area contributed by atoms with Crippen LogP contribution in [0.4, 0.5) is 4.39 Å². The lowest BCUT2D eigenvalue weighted by Crippen LogP contribution is -2.07. The average Bonchev–Trinajstić information content (AvgIpc) is 2.30. The number of benzene rings is 1. The fourth-order valence-corrected chi connectivity index (χ4v) is 1.49. The van der Waals surface area contributed by atoms with Crippen molar-refractivity contribution in [1.82, 2.24) is 0 Å². The standard InChI is InChI=1S/C11H16FNO3/c1-14-7-9-4-3-8(5-6-16-13)11(15-2)10(9)12/h3-4H,5-7,13H2,1-2H3. The zero-order valence-corrected chi connectivity index (χ0v) is 9.46. The summed E-state index contributed by atoms with van der Waals surface area (Å²) in [6.07, 6.45) is 0.504. The maximum absolute atomic E-state index is 13.9. The molecule has 0 aliphatic rings. The van der Waals surface area contributed by atoms with E-state index in [1.54, 1.807) is 12.1 Å². The Morgan fingerprint density at radius 1 is 1.25 bits per heavy atom. The van der Waals surface area contributed by atoms with E-state index in [1.807, 2.05) is 0 Å². The fraction of sp³-hybridized carbons (Fsp3) is 0.455. The summed E-state index contributed by atoms with van der Waals surface area (Å²) < 4.78 is 23.8. The molecule has 0 fully saturated rings. The molecule has 0 unspecified atom stereocenters. The molecule has 0 heterocycles. The van der Waals surface area contributed by atoms with Crippen LogP contribution in [0.15, 0.2) is 12.1 Å². The maximum atomic E-state index is 13.9. The van der Waals surface area contributed by atoms with Crippen LogP contribution in [0.25, 0.3) is 0 Å². The normalized spacial score (nSPS) is 10.5. The molecule has 0 spiro atoms. The van der Waals surface area contributed by atoms with Crippen molar-refractivity contribution < 1.29 is 18.7 Å². The Balaban J connectivity index is 2.98. The number of hydrogen-bond donors (Lipinski definition) is 1. The highest BCUT2D eigenvalue weighted by Gasteiger charge is 2.13. The van der Waals surface area contributed by atoms with Crippen molar-refractivity contribution in [3.8, 4) is 5.75 Å². The second-order valence-corrected chi connectivity index (χ2v) is 3.28. The summed E-state index contributed by atoms with van der Waals surface area (Å²) in [7, 11) is 2.95. The molecule has 4 nitrogen and oxygen atoms in total. The Morgan fingerprint density at radius 2 is 1.94 bits per heavy atom. The molecular formula is C11H16FNO3. The van der Waals surface area contributed by atoms with Gasteiger partial charge in [0.05, 0.1) is 20.3 Å². The van der Waals surface area contributed by atoms with E-state index in [4.69, 9.17) is 15.4 Å². The average molecular weight is 229 g/mol. The molecule has 1 rings (SSSR count). The van der Waals surface area contributed by atoms with Crippen LogP contribution >= 0.6 is 0 Å². The van der Waals surface area contributed by atoms with Gasteiger partial charge in [-0.15, -0.1) is 0 Å². The van der Waals surface area contributed by atoms with Crippen LogP contribution in [0.1, 0.15) is 11.1 Å². The smallest absolute Gasteiger partial charge is 0.170 e. The Hall–Kier alpha value is -1.17. The van der Waals surface area contributed by atoms with Crippen LogP contribution in [0.3, 0.4) is 0 Å². The van der Waals surface area contributed by atoms with Crippen LogP contribution in [0.5, 0.6) is 5.75 Å². The monoisotopic (exact) mass is 229 g/mol. The minimum atomic E-state index is -0.390. The van der Waals surface area contributed by atoms with E-state index in [2.05, 4.69) is 4.84 Å². The molecular weight excluding hydrogens is 213 g/mol. The van der Waals surface area contributed by atoms with Gasteiger partial charge < -0.3 is 14.3 Å². The van der Waals surface area contributed by atoms with Gasteiger partial charge in [0.25, 0.3) is 0 Å². The van der Waals surface area contributed by atoms with E-state index in [0.717, 1.165) is 5.56 Å². The van der Waals surface area contributed by atoms with Crippen molar-refractivity contribution >= 4 is 0 Å². The molecule has 0 aliphatic carbocycles. The largest absolute Gasteiger partial charge is 0.493 e. The van der Waals surface area contributed by atoms with Crippen molar-refractivity contribution in [3.05, 3.63) is 29.1 Å². The number of halogens is 1. The van der Waals surface area contributed by atoms with Crippen molar-refractivity contribution in [2.45, 2.75) is 13.0 Å². The molecule has 0 saturated carbocycles. The highest BCUT2D eigenvalue weighted by molar-refractivity contribution is 5.39. The lowest BCUT2D eigenvalue weighted by atomic mass is 10.1. The second kappa shape index (κ2) is 6.42. The third-order valence-corrected chi connectivity index (χ3v) is 2.25. The van der Waals surface area contributed by atoms with E-state index in [1.165, 1.54) is 14.2 Å². The van der Waals surface area contributed by atoms with Crippen LogP contribution in [0.2, 0.25) is 0 Å². The highest BCUT2D eigenvalue weighted by atomic mass is 19.1. The minimum Gasteiger partial charge on any atom is -0.493 e. The fourth-order valence-electron chi connectivity index (χ4n) is 1.49. The first kappa shape index (κ1) is 12.9. The Labute approximate surface area is 94.1 Å². The van der Waals surface area contributed by atoms with Crippen molar-refractivity contribution in [1.29, 1.82) is 0 Å². The predicted octanol–water partition coefficient (Wildman–Crippen LogP) is 1.41. The van der Waals surface area contributed by atoms with Gasteiger partial charge in [0.1, 0.15) is 0 Å². The van der Waals surface area contributed by atoms with E-state index < -0.39 is 0 Å². The van der Waals surface area contributed by atoms with Crippen LogP contribution < -0.4 is 10.6 Å². The van der Waals surface area contributed by atoms with Gasteiger partial charge in [-0.25, -0.2) is 10.3 Å². The first-order valence-corrected chi connectivity index (χ1v) is 4.89. The van der Waals surface area contributed by atoms with Gasteiger partial charge in [-0.1, -0.05) is 12.1 Å². The molecule has 1 aromatic rings. The molecule has 0 aliphatic heterocycles. The quantitative estimate of drug-likeness (QED) is 0.749. The Morgan fingerprint density at radius 3 is 2.50 bits per heavy atom. The predicted molar refractivity (Wildman–Crippen MR) is 57.5 cm³/mol. The van der Waals surface area contributed by atoms with Crippen molar-refractivity contribution in [3.63, 3.8) is 0 Å². The molecule has 90 valence electrons. The number of rotatable bonds is 6. The molecule has 16 heavy (non-hydrogen) atoms. The number of hydrogen-bond acceptors (Lipinski definition) is 4. The molecule has 0 saturated heterocycles. The summed E-state index contributed by atoms with van der Waals surface area (Å²) in [5.41, 5.74) is 1.20. The SMILES string of the molecule is COCc1ccc(CCON)c(OC)c1F. The molecule has 2 N–H and O–H groups in total. The summed E-state index contributed by atoms with van der Waals surface area (Å²) in [5.74, 6) is 4.77. The molecule has 5 heteroatoms. The summed E-state index contributed by atoms with van der Waals surface area (Å²) >= 11 is 0. The topological polar surface area (TPSA) is 53.7 Å². The maximum Gasteiger partial charge on any atom is 0.170 e. The van der Waals surface area contributed by atoms with Gasteiger partial charge in [-0.05, 0) is 5.56 Å². The third kappa shape index (κ3) is 2.91. The van der Waals surface area contributed by atoms with E-state index in [9.17, 15) is 4.39 Å². The highest BCUT2D eigenvalue weighted by Crippen LogP contribution is 2.26. The van der Waals surface area contributed by atoms with Gasteiger partial charge in [0.2, 0.25) is 0 Å². The first-order valence-electron chi connectivity index (χ1n) is 4.89. The van der Waals surface area contributed by atoms with Crippen molar-refractivity contribution in [2.24, 2.45) is 5.90 Å². The van der Waals surface area contributed by atoms with Gasteiger partial charge in [-0.2, -0.15) is 0 Å². The van der Waals surface area contributed by atoms with Crippen LogP contribution in [-0.2, 0) is 22.6 Å². The number of methoxy groups -OCH3 is 2. The summed E-state index contributed by atoms with van der Waals surface area (Å²) in [5, 5.41) is 0. The van der Waals surface area contributed by atoms with E-state index in [0.29, 0.717) is 18.6 Å². The third-order valence-electron chi connectivity index (χ3n) is 2.25. The van der Waals surface area contributed by atoms with Gasteiger partial charge in [-0.3, -0.25) is 0 Å². The van der Waals surface area contributed by atoms with Gasteiger partial charge in [0, 0.05) is 19.1 Å². The zero-order valence-electron chi connectivity index (χ0n) is 9.46. The summed E-state index contributed by atoms with van der Waals surface area (Å²) in [6, 6.07) is 3.46. The van der Waals surface area contributed by atoms with E-state index in [-0.39, 0.29) is 18.2 Å². The molecule has 0 aromatic heterocycles. The zero-order chi connectivity index (χ0) is 12.0. The van der Waals surface area contributed by atoms with E-state index >= 15 is 0 Å². The van der Waals surface area contributed by atoms with Crippen molar-refractivity contribution in [2.75, 3.05) is 20.8 Å². The Bertz CT molecular complexity index is 344. The first-order chi connectivity index (χ1) is 7.74. The van der Waals surface area contributed by atoms with Crippen LogP contribution in [0, 0.1) is 5.82 Å². The summed E-state index contributed by atoms with van der Waals surface area (Å²) in [4.78, 5) is 4.46. The lowest BCUT2D eigenvalue weighted by molar-refractivity contribution is 0.140. The molecule has 1 aromatic carbocycles. The van der Waals surface area contributed by atoms with Gasteiger partial charge in [0.15, 0.2) is 11.6 Å².